The van der Waals surface area contributed by atoms with Gasteiger partial charge >= 0.3 is 0 Å². The average Bonchev–Trinajstić information content (AvgIpc) is 2.83. The van der Waals surface area contributed by atoms with Crippen molar-refractivity contribution >= 4 is 39.2 Å². The molecule has 9 heteroatoms. The summed E-state index contributed by atoms with van der Waals surface area (Å²) in [5, 5.41) is 11.3. The molecule has 0 saturated carbocycles. The first-order valence-electron chi connectivity index (χ1n) is 6.27. The Balaban J connectivity index is 2.32. The number of ether oxygens (including phenoxy) is 1. The van der Waals surface area contributed by atoms with Crippen LogP contribution in [0.1, 0.15) is 0 Å². The standard InChI is InChI=1S/C14H8F2IN3O3/c1-23-14-12-10(17)6-19(11(12)2-3-18-14)13-8(15)4-7(20(21)22)5-9(13)16/h2-6H,1H3. The Bertz CT molecular complexity index is 919. The number of halogens is 3. The molecule has 1 aromatic carbocycles. The number of fused-ring (bicyclic) bond motifs is 1. The van der Waals surface area contributed by atoms with Crippen molar-refractivity contribution in [2.24, 2.45) is 0 Å². The predicted molar refractivity (Wildman–Crippen MR) is 86.9 cm³/mol. The van der Waals surface area contributed by atoms with Crippen LogP contribution in [0.15, 0.2) is 30.6 Å². The molecule has 2 heterocycles. The Morgan fingerprint density at radius 1 is 1.35 bits per heavy atom. The maximum absolute atomic E-state index is 14.3. The molecule has 118 valence electrons. The third-order valence-electron chi connectivity index (χ3n) is 3.28. The molecule has 0 aliphatic rings. The number of hydrogen-bond donors (Lipinski definition) is 0. The number of pyridine rings is 1. The molecule has 0 saturated heterocycles. The molecule has 0 amide bonds. The second-order valence-electron chi connectivity index (χ2n) is 4.58. The van der Waals surface area contributed by atoms with Crippen molar-refractivity contribution in [3.8, 4) is 11.6 Å². The van der Waals surface area contributed by atoms with Crippen LogP contribution in [0.25, 0.3) is 16.6 Å². The lowest BCUT2D eigenvalue weighted by molar-refractivity contribution is -0.385. The Labute approximate surface area is 142 Å². The molecular weight excluding hydrogens is 423 g/mol. The summed E-state index contributed by atoms with van der Waals surface area (Å²) in [6.07, 6.45) is 2.97. The van der Waals surface area contributed by atoms with Gasteiger partial charge in [-0.25, -0.2) is 13.8 Å². The van der Waals surface area contributed by atoms with E-state index in [4.69, 9.17) is 4.74 Å². The Morgan fingerprint density at radius 2 is 2.00 bits per heavy atom. The minimum absolute atomic E-state index is 0.327. The van der Waals surface area contributed by atoms with Gasteiger partial charge in [-0.1, -0.05) is 0 Å². The summed E-state index contributed by atoms with van der Waals surface area (Å²) >= 11 is 2.00. The van der Waals surface area contributed by atoms with E-state index in [9.17, 15) is 18.9 Å². The first kappa shape index (κ1) is 15.6. The van der Waals surface area contributed by atoms with Crippen molar-refractivity contribution in [2.45, 2.75) is 0 Å². The van der Waals surface area contributed by atoms with Crippen LogP contribution in [0.2, 0.25) is 0 Å². The van der Waals surface area contributed by atoms with Crippen molar-refractivity contribution in [3.05, 3.63) is 55.9 Å². The lowest BCUT2D eigenvalue weighted by Crippen LogP contribution is -2.02. The van der Waals surface area contributed by atoms with Crippen LogP contribution in [0, 0.1) is 25.3 Å². The van der Waals surface area contributed by atoms with E-state index in [1.54, 1.807) is 6.07 Å². The topological polar surface area (TPSA) is 70.2 Å². The molecule has 23 heavy (non-hydrogen) atoms. The number of nitro benzene ring substituents is 1. The van der Waals surface area contributed by atoms with E-state index in [0.29, 0.717) is 32.5 Å². The summed E-state index contributed by atoms with van der Waals surface area (Å²) in [6.45, 7) is 0. The number of nitrogens with zero attached hydrogens (tertiary/aromatic N) is 3. The number of benzene rings is 1. The van der Waals surface area contributed by atoms with Gasteiger partial charge in [0.2, 0.25) is 5.88 Å². The summed E-state index contributed by atoms with van der Waals surface area (Å²) in [4.78, 5) is 13.9. The number of rotatable bonds is 3. The highest BCUT2D eigenvalue weighted by atomic mass is 127. The molecular formula is C14H8F2IN3O3. The summed E-state index contributed by atoms with van der Waals surface area (Å²) in [6, 6.07) is 2.96. The monoisotopic (exact) mass is 431 g/mol. The van der Waals surface area contributed by atoms with Gasteiger partial charge < -0.3 is 9.30 Å². The number of aromatic nitrogens is 2. The van der Waals surface area contributed by atoms with Crippen LogP contribution in [-0.4, -0.2) is 21.6 Å². The molecule has 0 radical (unpaired) electrons. The number of non-ortho nitro benzene ring substituents is 1. The highest BCUT2D eigenvalue weighted by Crippen LogP contribution is 2.34. The smallest absolute Gasteiger partial charge is 0.275 e. The molecule has 6 nitrogen and oxygen atoms in total. The van der Waals surface area contributed by atoms with Gasteiger partial charge in [-0.15, -0.1) is 0 Å². The number of nitro groups is 1. The summed E-state index contributed by atoms with van der Waals surface area (Å²) in [5.41, 5.74) is -0.557. The zero-order valence-electron chi connectivity index (χ0n) is 11.6. The highest BCUT2D eigenvalue weighted by Gasteiger charge is 2.21. The van der Waals surface area contributed by atoms with E-state index in [1.807, 2.05) is 22.6 Å². The largest absolute Gasteiger partial charge is 0.480 e. The van der Waals surface area contributed by atoms with Crippen molar-refractivity contribution in [3.63, 3.8) is 0 Å². The van der Waals surface area contributed by atoms with Crippen molar-refractivity contribution in [1.82, 2.24) is 9.55 Å². The molecule has 0 N–H and O–H groups in total. The van der Waals surface area contributed by atoms with Crippen molar-refractivity contribution in [1.29, 1.82) is 0 Å². The van der Waals surface area contributed by atoms with E-state index in [0.717, 1.165) is 0 Å². The van der Waals surface area contributed by atoms with Gasteiger partial charge in [0.15, 0.2) is 11.6 Å². The molecule has 3 rings (SSSR count). The molecule has 0 fully saturated rings. The first-order valence-corrected chi connectivity index (χ1v) is 7.35. The van der Waals surface area contributed by atoms with Crippen LogP contribution < -0.4 is 4.74 Å². The quantitative estimate of drug-likeness (QED) is 0.359. The van der Waals surface area contributed by atoms with E-state index in [2.05, 4.69) is 4.98 Å². The van der Waals surface area contributed by atoms with Crippen LogP contribution in [-0.2, 0) is 0 Å². The first-order chi connectivity index (χ1) is 10.9. The van der Waals surface area contributed by atoms with Crippen molar-refractivity contribution < 1.29 is 18.4 Å². The zero-order chi connectivity index (χ0) is 16.7. The van der Waals surface area contributed by atoms with Gasteiger partial charge in [-0.2, -0.15) is 0 Å². The highest BCUT2D eigenvalue weighted by molar-refractivity contribution is 14.1. The van der Waals surface area contributed by atoms with E-state index >= 15 is 0 Å². The lowest BCUT2D eigenvalue weighted by Gasteiger charge is -2.08. The maximum atomic E-state index is 14.3. The summed E-state index contributed by atoms with van der Waals surface area (Å²) in [5.74, 6) is -1.73. The van der Waals surface area contributed by atoms with Gasteiger partial charge in [0, 0.05) is 16.0 Å². The summed E-state index contributed by atoms with van der Waals surface area (Å²) in [7, 11) is 1.45. The molecule has 0 bridgehead atoms. The third-order valence-corrected chi connectivity index (χ3v) is 4.10. The molecule has 0 unspecified atom stereocenters. The Morgan fingerprint density at radius 3 is 2.57 bits per heavy atom. The fourth-order valence-corrected chi connectivity index (χ4v) is 3.12. The number of hydrogen-bond acceptors (Lipinski definition) is 4. The van der Waals surface area contributed by atoms with E-state index in [-0.39, 0.29) is 0 Å². The fraction of sp³-hybridized carbons (Fsp3) is 0.0714. The van der Waals surface area contributed by atoms with Gasteiger partial charge in [0.05, 0.1) is 35.1 Å². The zero-order valence-corrected chi connectivity index (χ0v) is 13.7. The maximum Gasteiger partial charge on any atom is 0.275 e. The van der Waals surface area contributed by atoms with E-state index < -0.39 is 27.9 Å². The van der Waals surface area contributed by atoms with Gasteiger partial charge in [0.25, 0.3) is 5.69 Å². The van der Waals surface area contributed by atoms with Crippen LogP contribution in [0.4, 0.5) is 14.5 Å². The lowest BCUT2D eigenvalue weighted by atomic mass is 10.2. The predicted octanol–water partition coefficient (Wildman–Crippen LogP) is 3.83. The van der Waals surface area contributed by atoms with Crippen LogP contribution >= 0.6 is 22.6 Å². The minimum atomic E-state index is -1.03. The second-order valence-corrected chi connectivity index (χ2v) is 5.74. The third kappa shape index (κ3) is 2.50. The normalized spacial score (nSPS) is 11.0. The SMILES string of the molecule is COc1nccc2c1c(I)cn2-c1c(F)cc([N+](=O)[O-])cc1F. The molecule has 0 aliphatic carbocycles. The Hall–Kier alpha value is -2.30. The fourth-order valence-electron chi connectivity index (χ4n) is 2.33. The molecule has 0 spiro atoms. The van der Waals surface area contributed by atoms with Crippen molar-refractivity contribution in [2.75, 3.05) is 7.11 Å². The number of methoxy groups -OCH3 is 1. The second kappa shape index (κ2) is 5.72. The molecule has 3 aromatic rings. The van der Waals surface area contributed by atoms with Crippen LogP contribution in [0.3, 0.4) is 0 Å². The van der Waals surface area contributed by atoms with E-state index in [1.165, 1.54) is 24.1 Å². The van der Waals surface area contributed by atoms with Gasteiger partial charge in [-0.05, 0) is 28.7 Å². The van der Waals surface area contributed by atoms with Gasteiger partial charge in [0.1, 0.15) is 5.69 Å². The average molecular weight is 431 g/mol. The minimum Gasteiger partial charge on any atom is -0.480 e. The van der Waals surface area contributed by atoms with Crippen LogP contribution in [0.5, 0.6) is 5.88 Å². The van der Waals surface area contributed by atoms with Gasteiger partial charge in [-0.3, -0.25) is 10.1 Å². The Kier molecular flexibility index (Phi) is 3.88. The molecule has 0 atom stereocenters. The molecule has 2 aromatic heterocycles. The molecule has 0 aliphatic heterocycles. The summed E-state index contributed by atoms with van der Waals surface area (Å²) < 4.78 is 35.7.